The maximum absolute atomic E-state index is 9.60. The molecule has 1 heterocycles. The molecule has 0 radical (unpaired) electrons. The Morgan fingerprint density at radius 3 is 2.94 bits per heavy atom. The van der Waals surface area contributed by atoms with Gasteiger partial charge in [-0.1, -0.05) is 0 Å². The first-order valence-corrected chi connectivity index (χ1v) is 5.89. The van der Waals surface area contributed by atoms with E-state index in [1.165, 1.54) is 0 Å². The predicted octanol–water partition coefficient (Wildman–Crippen LogP) is 2.02. The highest BCUT2D eigenvalue weighted by Crippen LogP contribution is 2.36. The third-order valence-electron chi connectivity index (χ3n) is 3.21. The second-order valence-electron chi connectivity index (χ2n) is 4.30. The number of benzene rings is 1. The van der Waals surface area contributed by atoms with Gasteiger partial charge in [-0.3, -0.25) is 0 Å². The Balaban J connectivity index is 2.28. The van der Waals surface area contributed by atoms with Gasteiger partial charge in [0.05, 0.1) is 25.4 Å². The van der Waals surface area contributed by atoms with Crippen molar-refractivity contribution >= 4 is 5.69 Å². The van der Waals surface area contributed by atoms with E-state index in [2.05, 4.69) is 4.90 Å². The fraction of sp³-hybridized carbons (Fsp3) is 0.538. The summed E-state index contributed by atoms with van der Waals surface area (Å²) >= 11 is 0. The molecule has 1 aromatic carbocycles. The summed E-state index contributed by atoms with van der Waals surface area (Å²) in [5.41, 5.74) is 0.951. The number of hydrogen-bond acceptors (Lipinski definition) is 4. The fourth-order valence-corrected chi connectivity index (χ4v) is 2.42. The summed E-state index contributed by atoms with van der Waals surface area (Å²) in [6.45, 7) is 1.69. The Labute approximate surface area is 102 Å². The lowest BCUT2D eigenvalue weighted by Crippen LogP contribution is -2.32. The zero-order valence-corrected chi connectivity index (χ0v) is 10.3. The number of methoxy groups -OCH3 is 2. The van der Waals surface area contributed by atoms with Gasteiger partial charge < -0.3 is 19.5 Å². The van der Waals surface area contributed by atoms with Crippen molar-refractivity contribution in [3.63, 3.8) is 0 Å². The zero-order chi connectivity index (χ0) is 12.3. The monoisotopic (exact) mass is 237 g/mol. The average Bonchev–Trinajstić information content (AvgIpc) is 2.77. The molecule has 0 spiro atoms. The first-order chi connectivity index (χ1) is 8.26. The SMILES string of the molecule is COCC1CCCN1c1cc(O)ccc1OC. The molecule has 94 valence electrons. The molecule has 1 N–H and O–H groups in total. The van der Waals surface area contributed by atoms with Crippen LogP contribution in [0.2, 0.25) is 0 Å². The lowest BCUT2D eigenvalue weighted by Gasteiger charge is -2.27. The minimum Gasteiger partial charge on any atom is -0.508 e. The van der Waals surface area contributed by atoms with Crippen molar-refractivity contribution in [3.05, 3.63) is 18.2 Å². The summed E-state index contributed by atoms with van der Waals surface area (Å²) < 4.78 is 10.6. The summed E-state index contributed by atoms with van der Waals surface area (Å²) in [6, 6.07) is 5.57. The molecule has 4 heteroatoms. The normalized spacial score (nSPS) is 19.6. The second-order valence-corrected chi connectivity index (χ2v) is 4.30. The van der Waals surface area contributed by atoms with Crippen molar-refractivity contribution in [2.45, 2.75) is 18.9 Å². The fourth-order valence-electron chi connectivity index (χ4n) is 2.42. The molecule has 1 atom stereocenters. The number of nitrogens with zero attached hydrogens (tertiary/aromatic N) is 1. The summed E-state index contributed by atoms with van der Waals surface area (Å²) in [7, 11) is 3.37. The van der Waals surface area contributed by atoms with Crippen LogP contribution in [0, 0.1) is 0 Å². The molecule has 0 amide bonds. The first-order valence-electron chi connectivity index (χ1n) is 5.89. The van der Waals surface area contributed by atoms with Gasteiger partial charge in [0.25, 0.3) is 0 Å². The van der Waals surface area contributed by atoms with Crippen LogP contribution in [-0.4, -0.2) is 38.5 Å². The highest BCUT2D eigenvalue weighted by atomic mass is 16.5. The van der Waals surface area contributed by atoms with Crippen molar-refractivity contribution in [2.24, 2.45) is 0 Å². The number of phenolic OH excluding ortho intramolecular Hbond substituents is 1. The quantitative estimate of drug-likeness (QED) is 0.870. The molecule has 0 aliphatic carbocycles. The van der Waals surface area contributed by atoms with E-state index >= 15 is 0 Å². The Kier molecular flexibility index (Phi) is 3.74. The van der Waals surface area contributed by atoms with E-state index < -0.39 is 0 Å². The number of phenols is 1. The minimum atomic E-state index is 0.267. The van der Waals surface area contributed by atoms with Gasteiger partial charge in [-0.2, -0.15) is 0 Å². The van der Waals surface area contributed by atoms with Gasteiger partial charge in [0.2, 0.25) is 0 Å². The molecule has 17 heavy (non-hydrogen) atoms. The molecule has 0 saturated carbocycles. The molecule has 0 aromatic heterocycles. The van der Waals surface area contributed by atoms with E-state index in [0.717, 1.165) is 30.8 Å². The van der Waals surface area contributed by atoms with Gasteiger partial charge in [-0.25, -0.2) is 0 Å². The first kappa shape index (κ1) is 12.0. The van der Waals surface area contributed by atoms with Crippen LogP contribution in [0.3, 0.4) is 0 Å². The van der Waals surface area contributed by atoms with Crippen LogP contribution in [0.15, 0.2) is 18.2 Å². The standard InChI is InChI=1S/C13H19NO3/c1-16-9-10-4-3-7-14(10)12-8-11(15)5-6-13(12)17-2/h5-6,8,10,15H,3-4,7,9H2,1-2H3. The van der Waals surface area contributed by atoms with E-state index in [-0.39, 0.29) is 5.75 Å². The molecule has 1 fully saturated rings. The number of anilines is 1. The largest absolute Gasteiger partial charge is 0.508 e. The molecule has 1 aromatic rings. The van der Waals surface area contributed by atoms with E-state index in [1.54, 1.807) is 32.4 Å². The molecular weight excluding hydrogens is 218 g/mol. The lowest BCUT2D eigenvalue weighted by atomic mass is 10.2. The van der Waals surface area contributed by atoms with E-state index in [1.807, 2.05) is 0 Å². The smallest absolute Gasteiger partial charge is 0.142 e. The number of hydrogen-bond donors (Lipinski definition) is 1. The van der Waals surface area contributed by atoms with Crippen LogP contribution in [0.5, 0.6) is 11.5 Å². The molecule has 4 nitrogen and oxygen atoms in total. The van der Waals surface area contributed by atoms with Crippen LogP contribution >= 0.6 is 0 Å². The molecule has 1 unspecified atom stereocenters. The molecule has 0 bridgehead atoms. The summed E-state index contributed by atoms with van der Waals surface area (Å²) in [6.07, 6.45) is 2.26. The Morgan fingerprint density at radius 1 is 1.41 bits per heavy atom. The van der Waals surface area contributed by atoms with Crippen molar-refractivity contribution in [3.8, 4) is 11.5 Å². The van der Waals surface area contributed by atoms with Gasteiger partial charge in [0.15, 0.2) is 0 Å². The third kappa shape index (κ3) is 2.47. The highest BCUT2D eigenvalue weighted by molar-refractivity contribution is 5.62. The van der Waals surface area contributed by atoms with Crippen LogP contribution in [0.4, 0.5) is 5.69 Å². The maximum Gasteiger partial charge on any atom is 0.142 e. The average molecular weight is 237 g/mol. The highest BCUT2D eigenvalue weighted by Gasteiger charge is 2.26. The molecule has 1 saturated heterocycles. The third-order valence-corrected chi connectivity index (χ3v) is 3.21. The van der Waals surface area contributed by atoms with Gasteiger partial charge in [-0.15, -0.1) is 0 Å². The topological polar surface area (TPSA) is 41.9 Å². The van der Waals surface area contributed by atoms with Crippen molar-refractivity contribution in [2.75, 3.05) is 32.3 Å². The number of ether oxygens (including phenoxy) is 2. The van der Waals surface area contributed by atoms with Crippen LogP contribution in [-0.2, 0) is 4.74 Å². The van der Waals surface area contributed by atoms with Gasteiger partial charge in [-0.05, 0) is 25.0 Å². The number of rotatable bonds is 4. The Bertz CT molecular complexity index is 381. The summed E-state index contributed by atoms with van der Waals surface area (Å²) in [5.74, 6) is 1.06. The Hall–Kier alpha value is -1.42. The van der Waals surface area contributed by atoms with Crippen molar-refractivity contribution < 1.29 is 14.6 Å². The van der Waals surface area contributed by atoms with Gasteiger partial charge in [0.1, 0.15) is 11.5 Å². The van der Waals surface area contributed by atoms with Crippen LogP contribution in [0.25, 0.3) is 0 Å². The molecule has 1 aliphatic rings. The number of aromatic hydroxyl groups is 1. The lowest BCUT2D eigenvalue weighted by molar-refractivity contribution is 0.180. The van der Waals surface area contributed by atoms with Gasteiger partial charge in [0, 0.05) is 19.7 Å². The van der Waals surface area contributed by atoms with Crippen LogP contribution in [0.1, 0.15) is 12.8 Å². The molecule has 2 rings (SSSR count). The molecular formula is C13H19NO3. The summed E-state index contributed by atoms with van der Waals surface area (Å²) in [4.78, 5) is 2.25. The maximum atomic E-state index is 9.60. The van der Waals surface area contributed by atoms with E-state index in [0.29, 0.717) is 12.6 Å². The summed E-state index contributed by atoms with van der Waals surface area (Å²) in [5, 5.41) is 9.60. The van der Waals surface area contributed by atoms with E-state index in [9.17, 15) is 5.11 Å². The minimum absolute atomic E-state index is 0.267. The van der Waals surface area contributed by atoms with Crippen LogP contribution < -0.4 is 9.64 Å². The predicted molar refractivity (Wildman–Crippen MR) is 66.9 cm³/mol. The van der Waals surface area contributed by atoms with Crippen molar-refractivity contribution in [1.82, 2.24) is 0 Å². The van der Waals surface area contributed by atoms with E-state index in [4.69, 9.17) is 9.47 Å². The Morgan fingerprint density at radius 2 is 2.24 bits per heavy atom. The van der Waals surface area contributed by atoms with Crippen molar-refractivity contribution in [1.29, 1.82) is 0 Å². The zero-order valence-electron chi connectivity index (χ0n) is 10.3. The second kappa shape index (κ2) is 5.27. The van der Waals surface area contributed by atoms with Gasteiger partial charge >= 0.3 is 0 Å². The molecule has 1 aliphatic heterocycles.